The lowest BCUT2D eigenvalue weighted by molar-refractivity contribution is 0.119. The Morgan fingerprint density at radius 3 is 2.75 bits per heavy atom. The third-order valence-electron chi connectivity index (χ3n) is 1.18. The van der Waals surface area contributed by atoms with Crippen LogP contribution in [0.4, 0.5) is 0 Å². The van der Waals surface area contributed by atoms with Crippen molar-refractivity contribution in [2.45, 2.75) is 12.3 Å². The predicted molar refractivity (Wildman–Crippen MR) is 27.5 cm³/mol. The van der Waals surface area contributed by atoms with Gasteiger partial charge in [-0.15, -0.1) is 0 Å². The molecule has 0 saturated carbocycles. The lowest BCUT2D eigenvalue weighted by Gasteiger charge is -2.00. The van der Waals surface area contributed by atoms with Crippen LogP contribution < -0.4 is 0 Å². The van der Waals surface area contributed by atoms with Crippen LogP contribution in [-0.2, 0) is 0 Å². The molecule has 1 heterocycles. The van der Waals surface area contributed by atoms with E-state index < -0.39 is 6.23 Å². The van der Waals surface area contributed by atoms with E-state index in [4.69, 9.17) is 10.4 Å². The van der Waals surface area contributed by atoms with Crippen molar-refractivity contribution in [2.75, 3.05) is 6.54 Å². The molecular weight excluding hydrogens is 104 g/mol. The highest BCUT2D eigenvalue weighted by Gasteiger charge is 2.36. The number of hydrogen-bond donors (Lipinski definition) is 1. The monoisotopic (exact) mass is 111 g/mol. The van der Waals surface area contributed by atoms with Crippen molar-refractivity contribution in [1.29, 1.82) is 5.26 Å². The minimum Gasteiger partial charge on any atom is -0.378 e. The smallest absolute Gasteiger partial charge is 0.113 e. The molecule has 1 fully saturated rings. The molecular formula is C5H7N2O. The van der Waals surface area contributed by atoms with E-state index in [1.807, 2.05) is 6.07 Å². The highest BCUT2D eigenvalue weighted by Crippen LogP contribution is 2.17. The third kappa shape index (κ3) is 0.808. The largest absolute Gasteiger partial charge is 0.378 e. The summed E-state index contributed by atoms with van der Waals surface area (Å²) in [6, 6.07) is 1.92. The van der Waals surface area contributed by atoms with Gasteiger partial charge in [-0.2, -0.15) is 5.26 Å². The standard InChI is InChI=1S/C5H7N2O/c1-4(8)7-3-5(7)2-6/h4-5,8H,1,3H2. The molecule has 8 heavy (non-hydrogen) atoms. The quantitative estimate of drug-likeness (QED) is 0.457. The molecule has 1 aliphatic heterocycles. The number of rotatable bonds is 1. The number of aliphatic hydroxyl groups excluding tert-OH is 1. The van der Waals surface area contributed by atoms with Crippen molar-refractivity contribution in [3.05, 3.63) is 6.92 Å². The first kappa shape index (κ1) is 5.54. The zero-order valence-electron chi connectivity index (χ0n) is 4.41. The topological polar surface area (TPSA) is 47.0 Å². The summed E-state index contributed by atoms with van der Waals surface area (Å²) in [6.07, 6.45) is -0.695. The summed E-state index contributed by atoms with van der Waals surface area (Å²) in [5, 5.41) is 16.9. The fraction of sp³-hybridized carbons (Fsp3) is 0.600. The van der Waals surface area contributed by atoms with Crippen molar-refractivity contribution >= 4 is 0 Å². The van der Waals surface area contributed by atoms with Crippen LogP contribution in [0.2, 0.25) is 0 Å². The van der Waals surface area contributed by atoms with Crippen LogP contribution in [-0.4, -0.2) is 28.8 Å². The molecule has 0 aromatic carbocycles. The average molecular weight is 111 g/mol. The Kier molecular flexibility index (Phi) is 1.20. The summed E-state index contributed by atoms with van der Waals surface area (Å²) in [6.45, 7) is 4.00. The van der Waals surface area contributed by atoms with Gasteiger partial charge in [0.2, 0.25) is 0 Å². The van der Waals surface area contributed by atoms with Gasteiger partial charge in [0.15, 0.2) is 0 Å². The summed E-state index contributed by atoms with van der Waals surface area (Å²) in [7, 11) is 0. The SMILES string of the molecule is [CH2]C(O)N1CC1C#N. The van der Waals surface area contributed by atoms with Gasteiger partial charge in [0.1, 0.15) is 12.3 Å². The Bertz CT molecular complexity index is 127. The fourth-order valence-electron chi connectivity index (χ4n) is 0.597. The normalized spacial score (nSPS) is 38.1. The van der Waals surface area contributed by atoms with Gasteiger partial charge >= 0.3 is 0 Å². The van der Waals surface area contributed by atoms with Gasteiger partial charge in [0.25, 0.3) is 0 Å². The van der Waals surface area contributed by atoms with Crippen LogP contribution in [0.25, 0.3) is 0 Å². The number of nitrogens with zero attached hydrogens (tertiary/aromatic N) is 2. The van der Waals surface area contributed by atoms with Crippen LogP contribution in [0, 0.1) is 18.3 Å². The Labute approximate surface area is 48.1 Å². The van der Waals surface area contributed by atoms with Crippen molar-refractivity contribution in [3.63, 3.8) is 0 Å². The molecule has 0 spiro atoms. The fourth-order valence-corrected chi connectivity index (χ4v) is 0.597. The first-order valence-corrected chi connectivity index (χ1v) is 2.42. The maximum absolute atomic E-state index is 8.66. The molecule has 3 nitrogen and oxygen atoms in total. The molecule has 3 heteroatoms. The first-order valence-electron chi connectivity index (χ1n) is 2.42. The molecule has 1 rings (SSSR count). The van der Waals surface area contributed by atoms with Crippen molar-refractivity contribution in [2.24, 2.45) is 0 Å². The van der Waals surface area contributed by atoms with Crippen molar-refractivity contribution in [1.82, 2.24) is 4.90 Å². The van der Waals surface area contributed by atoms with Gasteiger partial charge in [0, 0.05) is 6.54 Å². The van der Waals surface area contributed by atoms with Crippen LogP contribution in [0.1, 0.15) is 0 Å². The molecule has 1 radical (unpaired) electrons. The molecule has 1 aliphatic rings. The zero-order chi connectivity index (χ0) is 6.15. The molecule has 1 N–H and O–H groups in total. The van der Waals surface area contributed by atoms with Gasteiger partial charge in [-0.1, -0.05) is 0 Å². The molecule has 43 valence electrons. The van der Waals surface area contributed by atoms with E-state index >= 15 is 0 Å². The molecule has 0 aromatic heterocycles. The van der Waals surface area contributed by atoms with Crippen LogP contribution >= 0.6 is 0 Å². The van der Waals surface area contributed by atoms with E-state index in [0.29, 0.717) is 6.54 Å². The lowest BCUT2D eigenvalue weighted by Crippen LogP contribution is -2.14. The maximum atomic E-state index is 8.66. The second-order valence-corrected chi connectivity index (χ2v) is 1.82. The van der Waals surface area contributed by atoms with E-state index in [-0.39, 0.29) is 6.04 Å². The van der Waals surface area contributed by atoms with Gasteiger partial charge in [-0.05, 0) is 6.92 Å². The van der Waals surface area contributed by atoms with Crippen LogP contribution in [0.5, 0.6) is 0 Å². The molecule has 3 atom stereocenters. The van der Waals surface area contributed by atoms with E-state index in [1.54, 1.807) is 4.90 Å². The van der Waals surface area contributed by atoms with Gasteiger partial charge in [-0.3, -0.25) is 4.90 Å². The highest BCUT2D eigenvalue weighted by atomic mass is 16.3. The first-order chi connectivity index (χ1) is 3.75. The molecule has 1 saturated heterocycles. The third-order valence-corrected chi connectivity index (χ3v) is 1.18. The number of nitriles is 1. The summed E-state index contributed by atoms with van der Waals surface area (Å²) in [4.78, 5) is 1.60. The predicted octanol–water partition coefficient (Wildman–Crippen LogP) is -0.653. The van der Waals surface area contributed by atoms with Gasteiger partial charge in [0.05, 0.1) is 6.07 Å². The lowest BCUT2D eigenvalue weighted by atomic mass is 10.5. The van der Waals surface area contributed by atoms with Gasteiger partial charge in [-0.25, -0.2) is 0 Å². The Balaban J connectivity index is 2.29. The summed E-state index contributed by atoms with van der Waals surface area (Å²) >= 11 is 0. The van der Waals surface area contributed by atoms with E-state index in [1.165, 1.54) is 0 Å². The van der Waals surface area contributed by atoms with E-state index in [2.05, 4.69) is 6.92 Å². The maximum Gasteiger partial charge on any atom is 0.113 e. The number of aliphatic hydroxyl groups is 1. The second-order valence-electron chi connectivity index (χ2n) is 1.82. The average Bonchev–Trinajstić information content (AvgIpc) is 2.42. The van der Waals surface area contributed by atoms with Crippen molar-refractivity contribution < 1.29 is 5.11 Å². The van der Waals surface area contributed by atoms with Crippen LogP contribution in [0.3, 0.4) is 0 Å². The zero-order valence-corrected chi connectivity index (χ0v) is 4.41. The minimum absolute atomic E-state index is 0.0810. The van der Waals surface area contributed by atoms with E-state index in [0.717, 1.165) is 0 Å². The number of hydrogen-bond acceptors (Lipinski definition) is 3. The highest BCUT2D eigenvalue weighted by molar-refractivity contribution is 5.06. The Hall–Kier alpha value is -0.590. The van der Waals surface area contributed by atoms with Gasteiger partial charge < -0.3 is 5.11 Å². The molecule has 0 amide bonds. The molecule has 3 unspecified atom stereocenters. The molecule has 0 aromatic rings. The summed E-state index contributed by atoms with van der Waals surface area (Å²) in [5.41, 5.74) is 0. The molecule has 0 aliphatic carbocycles. The van der Waals surface area contributed by atoms with Crippen LogP contribution in [0.15, 0.2) is 0 Å². The minimum atomic E-state index is -0.695. The van der Waals surface area contributed by atoms with Crippen molar-refractivity contribution in [3.8, 4) is 6.07 Å². The Morgan fingerprint density at radius 2 is 2.62 bits per heavy atom. The second kappa shape index (κ2) is 1.73. The van der Waals surface area contributed by atoms with E-state index in [9.17, 15) is 0 Å². The molecule has 0 bridgehead atoms. The summed E-state index contributed by atoms with van der Waals surface area (Å²) in [5.74, 6) is 0. The Morgan fingerprint density at radius 1 is 2.00 bits per heavy atom. The summed E-state index contributed by atoms with van der Waals surface area (Å²) < 4.78 is 0.